The minimum atomic E-state index is -0.466. The first-order valence-corrected chi connectivity index (χ1v) is 9.86. The zero-order chi connectivity index (χ0) is 22.1. The van der Waals surface area contributed by atoms with Crippen LogP contribution in [0, 0.1) is 5.82 Å². The number of halogens is 1. The fraction of sp³-hybridized carbons (Fsp3) is 0.333. The monoisotopic (exact) mass is 424 g/mol. The molecule has 1 unspecified atom stereocenters. The van der Waals surface area contributed by atoms with Crippen molar-refractivity contribution in [3.63, 3.8) is 0 Å². The third kappa shape index (κ3) is 3.87. The van der Waals surface area contributed by atoms with Gasteiger partial charge in [-0.2, -0.15) is 5.10 Å². The first-order chi connectivity index (χ1) is 14.9. The average Bonchev–Trinajstić information content (AvgIpc) is 3.35. The minimum Gasteiger partial charge on any atom is -0.404 e. The van der Waals surface area contributed by atoms with Crippen molar-refractivity contribution in [3.8, 4) is 11.4 Å². The van der Waals surface area contributed by atoms with Crippen molar-refractivity contribution in [2.24, 2.45) is 10.7 Å². The van der Waals surface area contributed by atoms with Crippen LogP contribution in [0.3, 0.4) is 0 Å². The topological polar surface area (TPSA) is 120 Å². The molecule has 10 heteroatoms. The molecule has 1 fully saturated rings. The van der Waals surface area contributed by atoms with E-state index < -0.39 is 11.9 Å². The smallest absolute Gasteiger partial charge is 0.133 e. The number of aromatic nitrogens is 4. The summed E-state index contributed by atoms with van der Waals surface area (Å²) in [7, 11) is 5.49. The quantitative estimate of drug-likeness (QED) is 0.528. The second-order valence-electron chi connectivity index (χ2n) is 7.72. The van der Waals surface area contributed by atoms with E-state index in [9.17, 15) is 9.50 Å². The third-order valence-corrected chi connectivity index (χ3v) is 5.55. The molecule has 162 valence electrons. The van der Waals surface area contributed by atoms with Crippen LogP contribution < -0.4 is 10.6 Å². The van der Waals surface area contributed by atoms with E-state index in [1.54, 1.807) is 13.1 Å². The van der Waals surface area contributed by atoms with Gasteiger partial charge in [-0.25, -0.2) is 14.4 Å². The molecule has 2 aromatic heterocycles. The molecule has 0 bridgehead atoms. The van der Waals surface area contributed by atoms with Crippen LogP contribution in [-0.4, -0.2) is 82.8 Å². The molecule has 4 N–H and O–H groups in total. The zero-order valence-corrected chi connectivity index (χ0v) is 17.6. The normalized spacial score (nSPS) is 19.9. The molecule has 31 heavy (non-hydrogen) atoms. The molecule has 1 aliphatic rings. The maximum absolute atomic E-state index is 14.6. The van der Waals surface area contributed by atoms with Crippen molar-refractivity contribution in [2.75, 3.05) is 39.1 Å². The number of anilines is 1. The fourth-order valence-corrected chi connectivity index (χ4v) is 3.91. The number of H-pyrrole nitrogens is 1. The largest absolute Gasteiger partial charge is 0.404 e. The Balaban J connectivity index is 1.74. The predicted octanol–water partition coefficient (Wildman–Crippen LogP) is 1.27. The number of fused-ring (bicyclic) bond motifs is 1. The number of nitrogens with zero attached hydrogens (tertiary/aromatic N) is 6. The van der Waals surface area contributed by atoms with Gasteiger partial charge in [0.1, 0.15) is 23.7 Å². The maximum atomic E-state index is 14.6. The van der Waals surface area contributed by atoms with Gasteiger partial charge in [-0.15, -0.1) is 0 Å². The highest BCUT2D eigenvalue weighted by Gasteiger charge is 2.33. The first kappa shape index (κ1) is 20.9. The second kappa shape index (κ2) is 8.40. The van der Waals surface area contributed by atoms with Crippen molar-refractivity contribution in [1.29, 1.82) is 0 Å². The number of aliphatic imine (C=N–C) groups is 1. The van der Waals surface area contributed by atoms with Crippen LogP contribution in [0.2, 0.25) is 0 Å². The minimum absolute atomic E-state index is 0.0249. The van der Waals surface area contributed by atoms with Crippen LogP contribution in [-0.2, 0) is 0 Å². The molecule has 1 aromatic carbocycles. The number of aliphatic hydroxyl groups is 1. The van der Waals surface area contributed by atoms with E-state index in [2.05, 4.69) is 25.2 Å². The Labute approximate surface area is 179 Å². The Bertz CT molecular complexity index is 1160. The van der Waals surface area contributed by atoms with Crippen molar-refractivity contribution >= 4 is 28.5 Å². The number of rotatable bonds is 5. The van der Waals surface area contributed by atoms with E-state index in [1.165, 1.54) is 24.8 Å². The van der Waals surface area contributed by atoms with Crippen LogP contribution in [0.4, 0.5) is 10.2 Å². The van der Waals surface area contributed by atoms with Gasteiger partial charge in [-0.3, -0.25) is 10.1 Å². The number of nitrogens with two attached hydrogens (primary N) is 1. The molecule has 3 heterocycles. The van der Waals surface area contributed by atoms with Gasteiger partial charge in [-0.05, 0) is 20.2 Å². The van der Waals surface area contributed by atoms with Gasteiger partial charge in [-0.1, -0.05) is 0 Å². The molecule has 9 nitrogen and oxygen atoms in total. The molecular formula is C21H25FN8O. The number of likely N-dealkylation sites (N-methyl/N-ethyl adjacent to an activating group) is 1. The molecule has 4 rings (SSSR count). The van der Waals surface area contributed by atoms with E-state index in [-0.39, 0.29) is 6.04 Å². The lowest BCUT2D eigenvalue weighted by Gasteiger charge is -2.21. The number of benzene rings is 1. The molecular weight excluding hydrogens is 399 g/mol. The lowest BCUT2D eigenvalue weighted by Crippen LogP contribution is -2.38. The molecule has 3 aromatic rings. The lowest BCUT2D eigenvalue weighted by atomic mass is 10.0. The number of hydrogen-bond donors (Lipinski definition) is 3. The van der Waals surface area contributed by atoms with Crippen LogP contribution in [0.25, 0.3) is 27.9 Å². The summed E-state index contributed by atoms with van der Waals surface area (Å²) < 4.78 is 14.6. The van der Waals surface area contributed by atoms with Gasteiger partial charge in [0.05, 0.1) is 23.4 Å². The number of allylic oxidation sites excluding steroid dienone is 1. The van der Waals surface area contributed by atoms with Crippen molar-refractivity contribution in [1.82, 2.24) is 25.1 Å². The van der Waals surface area contributed by atoms with E-state index in [0.717, 1.165) is 0 Å². The van der Waals surface area contributed by atoms with Crippen molar-refractivity contribution < 1.29 is 9.50 Å². The van der Waals surface area contributed by atoms with Gasteiger partial charge in [0, 0.05) is 61.2 Å². The molecule has 1 saturated heterocycles. The summed E-state index contributed by atoms with van der Waals surface area (Å²) in [5.74, 6) is 0.274. The Hall–Kier alpha value is -3.37. The highest BCUT2D eigenvalue weighted by atomic mass is 19.1. The summed E-state index contributed by atoms with van der Waals surface area (Å²) in [4.78, 5) is 16.7. The summed E-state index contributed by atoms with van der Waals surface area (Å²) in [5, 5.41) is 18.3. The van der Waals surface area contributed by atoms with Crippen molar-refractivity contribution in [2.45, 2.75) is 12.1 Å². The predicted molar refractivity (Wildman–Crippen MR) is 119 cm³/mol. The highest BCUT2D eigenvalue weighted by molar-refractivity contribution is 6.11. The Morgan fingerprint density at radius 1 is 1.32 bits per heavy atom. The molecule has 0 saturated carbocycles. The molecule has 0 aliphatic carbocycles. The van der Waals surface area contributed by atoms with Crippen LogP contribution >= 0.6 is 0 Å². The summed E-state index contributed by atoms with van der Waals surface area (Å²) in [6.07, 6.45) is 3.83. The van der Waals surface area contributed by atoms with Crippen LogP contribution in [0.5, 0.6) is 0 Å². The number of aliphatic hydroxyl groups excluding tert-OH is 1. The SMILES string of the molecule is CN=CC(=CN)c1cc2c(-c3cc(N4CC(N(C)C)[C@H](O)C4)ncn3)n[nH]c2cc1F. The standard InChI is InChI=1S/C21H25FN8O/c1-24-8-12(7-23)13-4-14-16(5-15(13)22)27-28-21(14)17-6-20(26-11-25-17)30-9-18(29(2)3)19(31)10-30/h4-8,11,18-19,31H,9-10,23H2,1-3H3,(H,27,28)/t18?,19-/m1/s1. The molecule has 0 spiro atoms. The molecule has 0 amide bonds. The number of aromatic amines is 1. The van der Waals surface area contributed by atoms with Gasteiger partial charge >= 0.3 is 0 Å². The highest BCUT2D eigenvalue weighted by Crippen LogP contribution is 2.31. The number of hydrogen-bond acceptors (Lipinski definition) is 8. The van der Waals surface area contributed by atoms with E-state index >= 15 is 0 Å². The van der Waals surface area contributed by atoms with E-state index in [4.69, 9.17) is 5.73 Å². The van der Waals surface area contributed by atoms with E-state index in [0.29, 0.717) is 52.3 Å². The van der Waals surface area contributed by atoms with Gasteiger partial charge in [0.2, 0.25) is 0 Å². The molecule has 0 radical (unpaired) electrons. The average molecular weight is 424 g/mol. The summed E-state index contributed by atoms with van der Waals surface area (Å²) in [6, 6.07) is 4.93. The van der Waals surface area contributed by atoms with Gasteiger partial charge < -0.3 is 20.6 Å². The maximum Gasteiger partial charge on any atom is 0.133 e. The summed E-state index contributed by atoms with van der Waals surface area (Å²) in [5.41, 5.74) is 8.19. The molecule has 2 atom stereocenters. The third-order valence-electron chi connectivity index (χ3n) is 5.55. The fourth-order valence-electron chi connectivity index (χ4n) is 3.91. The summed E-state index contributed by atoms with van der Waals surface area (Å²) in [6.45, 7) is 1.14. The zero-order valence-electron chi connectivity index (χ0n) is 17.6. The Morgan fingerprint density at radius 3 is 2.81 bits per heavy atom. The summed E-state index contributed by atoms with van der Waals surface area (Å²) >= 11 is 0. The van der Waals surface area contributed by atoms with Gasteiger partial charge in [0.25, 0.3) is 0 Å². The van der Waals surface area contributed by atoms with Gasteiger partial charge in [0.15, 0.2) is 0 Å². The Kier molecular flexibility index (Phi) is 5.66. The number of nitrogens with one attached hydrogen (secondary N) is 1. The van der Waals surface area contributed by atoms with Crippen LogP contribution in [0.1, 0.15) is 5.56 Å². The first-order valence-electron chi connectivity index (χ1n) is 9.86. The number of β-amino-alcohol motifs (C(OH)–C–C–N with tert-alkyl or cyclic N) is 1. The van der Waals surface area contributed by atoms with Crippen LogP contribution in [0.15, 0.2) is 35.7 Å². The van der Waals surface area contributed by atoms with E-state index in [1.807, 2.05) is 30.0 Å². The Morgan fingerprint density at radius 2 is 2.13 bits per heavy atom. The second-order valence-corrected chi connectivity index (χ2v) is 7.72. The van der Waals surface area contributed by atoms with Crippen molar-refractivity contribution in [3.05, 3.63) is 42.1 Å². The lowest BCUT2D eigenvalue weighted by molar-refractivity contribution is 0.114. The molecule has 1 aliphatic heterocycles.